The number of benzene rings is 2. The van der Waals surface area contributed by atoms with E-state index in [1.54, 1.807) is 34.2 Å². The third-order valence-corrected chi connectivity index (χ3v) is 6.93. The summed E-state index contributed by atoms with van der Waals surface area (Å²) in [7, 11) is 0. The topological polar surface area (TPSA) is 46.1 Å². The average molecular weight is 434 g/mol. The number of anilines is 1. The van der Waals surface area contributed by atoms with Crippen molar-refractivity contribution in [3.05, 3.63) is 83.2 Å². The third kappa shape index (κ3) is 4.25. The number of thioether (sulfide) groups is 1. The minimum Gasteiger partial charge on any atom is -0.278 e. The Morgan fingerprint density at radius 1 is 1.07 bits per heavy atom. The van der Waals surface area contributed by atoms with Crippen LogP contribution in [-0.4, -0.2) is 21.6 Å². The van der Waals surface area contributed by atoms with Crippen molar-refractivity contribution < 1.29 is 4.79 Å². The van der Waals surface area contributed by atoms with Crippen LogP contribution in [0.3, 0.4) is 0 Å². The van der Waals surface area contributed by atoms with Crippen molar-refractivity contribution in [2.75, 3.05) is 10.7 Å². The summed E-state index contributed by atoms with van der Waals surface area (Å²) in [5.74, 6) is 0.856. The molecule has 1 amide bonds. The van der Waals surface area contributed by atoms with Crippen molar-refractivity contribution in [3.63, 3.8) is 0 Å². The van der Waals surface area contributed by atoms with Gasteiger partial charge in [0, 0.05) is 11.1 Å². The molecule has 0 unspecified atom stereocenters. The van der Waals surface area contributed by atoms with Crippen molar-refractivity contribution in [3.8, 4) is 0 Å². The number of aromatic nitrogens is 2. The number of fused-ring (bicyclic) bond motifs is 1. The number of rotatable bonds is 6. The molecule has 0 aliphatic heterocycles. The molecule has 4 aromatic rings. The van der Waals surface area contributed by atoms with Gasteiger partial charge in [0.05, 0.1) is 28.0 Å². The lowest BCUT2D eigenvalue weighted by atomic mass is 10.1. The smallest absolute Gasteiger partial charge is 0.261 e. The van der Waals surface area contributed by atoms with Gasteiger partial charge in [0.15, 0.2) is 5.13 Å². The average Bonchev–Trinajstić information content (AvgIpc) is 3.15. The monoisotopic (exact) mass is 433 g/mol. The molecule has 0 bridgehead atoms. The number of amides is 1. The molecule has 2 aromatic carbocycles. The lowest BCUT2D eigenvalue weighted by Crippen LogP contribution is -2.31. The fraction of sp³-hybridized carbons (Fsp3) is 0.208. The second-order valence-corrected chi connectivity index (χ2v) is 9.36. The number of hydrogen-bond donors (Lipinski definition) is 0. The fourth-order valence-electron chi connectivity index (χ4n) is 3.23. The van der Waals surface area contributed by atoms with Gasteiger partial charge in [-0.05, 0) is 67.1 Å². The first-order valence-electron chi connectivity index (χ1n) is 9.88. The molecule has 152 valence electrons. The molecule has 0 radical (unpaired) electrons. The predicted molar refractivity (Wildman–Crippen MR) is 127 cm³/mol. The zero-order valence-corrected chi connectivity index (χ0v) is 18.9. The molecule has 0 N–H and O–H groups in total. The summed E-state index contributed by atoms with van der Waals surface area (Å²) in [6.07, 6.45) is 1.75. The number of carbonyl (C=O) groups is 1. The van der Waals surface area contributed by atoms with E-state index in [1.807, 2.05) is 42.5 Å². The van der Waals surface area contributed by atoms with Gasteiger partial charge in [-0.3, -0.25) is 14.7 Å². The van der Waals surface area contributed by atoms with Crippen LogP contribution in [0.4, 0.5) is 5.13 Å². The molecular weight excluding hydrogens is 410 g/mol. The highest BCUT2D eigenvalue weighted by Gasteiger charge is 2.24. The van der Waals surface area contributed by atoms with E-state index < -0.39 is 0 Å². The molecule has 0 atom stereocenters. The normalized spacial score (nSPS) is 11.0. The van der Waals surface area contributed by atoms with Gasteiger partial charge in [0.25, 0.3) is 5.91 Å². The fourth-order valence-corrected chi connectivity index (χ4v) is 5.07. The molecule has 0 saturated heterocycles. The molecule has 4 rings (SSSR count). The van der Waals surface area contributed by atoms with Crippen LogP contribution >= 0.6 is 23.1 Å². The first-order valence-corrected chi connectivity index (χ1v) is 11.7. The van der Waals surface area contributed by atoms with Crippen LogP contribution in [-0.2, 0) is 6.54 Å². The van der Waals surface area contributed by atoms with Crippen LogP contribution in [0, 0.1) is 13.8 Å². The van der Waals surface area contributed by atoms with Crippen LogP contribution in [0.15, 0.2) is 65.7 Å². The summed E-state index contributed by atoms with van der Waals surface area (Å²) < 4.78 is 1.09. The number of hydrogen-bond acceptors (Lipinski definition) is 5. The van der Waals surface area contributed by atoms with Gasteiger partial charge >= 0.3 is 0 Å². The van der Waals surface area contributed by atoms with Crippen LogP contribution in [0.2, 0.25) is 0 Å². The van der Waals surface area contributed by atoms with Gasteiger partial charge in [0.1, 0.15) is 0 Å². The Hall–Kier alpha value is -2.70. The van der Waals surface area contributed by atoms with Crippen LogP contribution in [0.5, 0.6) is 0 Å². The Labute approximate surface area is 185 Å². The molecule has 0 aliphatic carbocycles. The van der Waals surface area contributed by atoms with Crippen LogP contribution < -0.4 is 4.90 Å². The van der Waals surface area contributed by atoms with Crippen molar-refractivity contribution in [1.82, 2.24) is 9.97 Å². The molecule has 0 fully saturated rings. The van der Waals surface area contributed by atoms with E-state index in [1.165, 1.54) is 11.1 Å². The standard InChI is InChI=1S/C24H23N3OS2/c1-4-29-21-11-6-5-10-19(21)23(28)27(15-18-9-7-8-12-25-18)24-26-20-13-16(2)17(3)14-22(20)30-24/h5-14H,4,15H2,1-3H3. The Morgan fingerprint density at radius 3 is 2.60 bits per heavy atom. The van der Waals surface area contributed by atoms with E-state index in [2.05, 4.69) is 37.9 Å². The number of pyridine rings is 1. The Kier molecular flexibility index (Phi) is 6.16. The van der Waals surface area contributed by atoms with Gasteiger partial charge in [-0.1, -0.05) is 36.5 Å². The van der Waals surface area contributed by atoms with Gasteiger partial charge < -0.3 is 0 Å². The highest BCUT2D eigenvalue weighted by Crippen LogP contribution is 2.33. The van der Waals surface area contributed by atoms with E-state index in [9.17, 15) is 4.79 Å². The van der Waals surface area contributed by atoms with Gasteiger partial charge in [-0.15, -0.1) is 11.8 Å². The maximum atomic E-state index is 13.7. The van der Waals surface area contributed by atoms with E-state index in [4.69, 9.17) is 4.98 Å². The first kappa shape index (κ1) is 20.6. The molecule has 6 heteroatoms. The molecule has 2 aromatic heterocycles. The lowest BCUT2D eigenvalue weighted by Gasteiger charge is -2.21. The number of thiazole rings is 1. The number of carbonyl (C=O) groups excluding carboxylic acids is 1. The number of nitrogens with zero attached hydrogens (tertiary/aromatic N) is 3. The second kappa shape index (κ2) is 8.98. The highest BCUT2D eigenvalue weighted by molar-refractivity contribution is 7.99. The Morgan fingerprint density at radius 2 is 1.83 bits per heavy atom. The molecule has 2 heterocycles. The molecular formula is C24H23N3OS2. The van der Waals surface area contributed by atoms with Gasteiger partial charge in [0.2, 0.25) is 0 Å². The summed E-state index contributed by atoms with van der Waals surface area (Å²) in [4.78, 5) is 25.7. The summed E-state index contributed by atoms with van der Waals surface area (Å²) in [5, 5.41) is 0.696. The van der Waals surface area contributed by atoms with E-state index in [0.717, 1.165) is 26.6 Å². The van der Waals surface area contributed by atoms with E-state index in [-0.39, 0.29) is 5.91 Å². The predicted octanol–water partition coefficient (Wildman–Crippen LogP) is 6.27. The van der Waals surface area contributed by atoms with Crippen LogP contribution in [0.1, 0.15) is 34.1 Å². The molecule has 0 saturated carbocycles. The van der Waals surface area contributed by atoms with Gasteiger partial charge in [-0.2, -0.15) is 0 Å². The zero-order chi connectivity index (χ0) is 21.1. The molecule has 30 heavy (non-hydrogen) atoms. The summed E-state index contributed by atoms with van der Waals surface area (Å²) >= 11 is 3.23. The second-order valence-electron chi connectivity index (χ2n) is 7.04. The third-order valence-electron chi connectivity index (χ3n) is 4.93. The minimum absolute atomic E-state index is 0.0512. The molecule has 0 aliphatic rings. The molecule has 4 nitrogen and oxygen atoms in total. The lowest BCUT2D eigenvalue weighted by molar-refractivity contribution is 0.0982. The summed E-state index contributed by atoms with van der Waals surface area (Å²) in [5.41, 5.74) is 4.88. The highest BCUT2D eigenvalue weighted by atomic mass is 32.2. The SMILES string of the molecule is CCSc1ccccc1C(=O)N(Cc1ccccn1)c1nc2cc(C)c(C)cc2s1. The van der Waals surface area contributed by atoms with Crippen molar-refractivity contribution in [1.29, 1.82) is 0 Å². The maximum Gasteiger partial charge on any atom is 0.261 e. The van der Waals surface area contributed by atoms with Crippen molar-refractivity contribution in [2.45, 2.75) is 32.2 Å². The Bertz CT molecular complexity index is 1150. The van der Waals surface area contributed by atoms with Crippen molar-refractivity contribution >= 4 is 44.4 Å². The first-order chi connectivity index (χ1) is 14.6. The summed E-state index contributed by atoms with van der Waals surface area (Å²) in [6.45, 7) is 6.66. The Balaban J connectivity index is 1.80. The zero-order valence-electron chi connectivity index (χ0n) is 17.3. The number of aryl methyl sites for hydroxylation is 2. The molecule has 0 spiro atoms. The van der Waals surface area contributed by atoms with E-state index >= 15 is 0 Å². The van der Waals surface area contributed by atoms with Crippen LogP contribution in [0.25, 0.3) is 10.2 Å². The van der Waals surface area contributed by atoms with Crippen molar-refractivity contribution in [2.24, 2.45) is 0 Å². The van der Waals surface area contributed by atoms with Gasteiger partial charge in [-0.25, -0.2) is 4.98 Å². The quantitative estimate of drug-likeness (QED) is 0.336. The summed E-state index contributed by atoms with van der Waals surface area (Å²) in [6, 6.07) is 17.8. The van der Waals surface area contributed by atoms with E-state index in [0.29, 0.717) is 17.2 Å². The largest absolute Gasteiger partial charge is 0.278 e. The maximum absolute atomic E-state index is 13.7. The minimum atomic E-state index is -0.0512.